The Labute approximate surface area is 324 Å². The first-order chi connectivity index (χ1) is 25.8. The van der Waals surface area contributed by atoms with E-state index in [2.05, 4.69) is 55.5 Å². The SMILES string of the molecule is CCCCCCCCCCCCCCCC/C=C/O[C@H](COC(=O)CCC/C=C\C/C=C\C/C=C\C/C=C\CCC[C@@H](C)O)COP(=O)(O)OCCN. The topological polar surface area (TPSA) is 138 Å². The molecule has 10 heteroatoms. The third-order valence-electron chi connectivity index (χ3n) is 8.55. The van der Waals surface area contributed by atoms with Gasteiger partial charge < -0.3 is 25.2 Å². The van der Waals surface area contributed by atoms with E-state index in [1.807, 2.05) is 13.0 Å². The highest BCUT2D eigenvalue weighted by Gasteiger charge is 2.24. The van der Waals surface area contributed by atoms with Gasteiger partial charge in [0, 0.05) is 13.0 Å². The molecule has 53 heavy (non-hydrogen) atoms. The summed E-state index contributed by atoms with van der Waals surface area (Å²) in [5.74, 6) is -0.355. The molecule has 0 saturated carbocycles. The van der Waals surface area contributed by atoms with Crippen LogP contribution >= 0.6 is 7.82 Å². The van der Waals surface area contributed by atoms with Gasteiger partial charge >= 0.3 is 13.8 Å². The second kappa shape index (κ2) is 39.7. The molecule has 1 unspecified atom stereocenters. The van der Waals surface area contributed by atoms with Gasteiger partial charge in [-0.3, -0.25) is 13.8 Å². The second-order valence-electron chi connectivity index (χ2n) is 13.8. The van der Waals surface area contributed by atoms with Gasteiger partial charge in [0.25, 0.3) is 0 Å². The summed E-state index contributed by atoms with van der Waals surface area (Å²) in [6, 6.07) is 0. The lowest BCUT2D eigenvalue weighted by atomic mass is 10.0. The molecule has 9 nitrogen and oxygen atoms in total. The van der Waals surface area contributed by atoms with Crippen molar-refractivity contribution < 1.29 is 37.9 Å². The van der Waals surface area contributed by atoms with Crippen molar-refractivity contribution in [1.82, 2.24) is 0 Å². The number of hydrogen-bond donors (Lipinski definition) is 3. The molecule has 0 saturated heterocycles. The molecule has 0 bridgehead atoms. The fourth-order valence-corrected chi connectivity index (χ4v) is 6.17. The average Bonchev–Trinajstić information content (AvgIpc) is 3.13. The average molecular weight is 768 g/mol. The van der Waals surface area contributed by atoms with Gasteiger partial charge in [0.1, 0.15) is 6.61 Å². The van der Waals surface area contributed by atoms with Crippen molar-refractivity contribution in [2.45, 2.75) is 180 Å². The highest BCUT2D eigenvalue weighted by Crippen LogP contribution is 2.43. The Morgan fingerprint density at radius 1 is 0.660 bits per heavy atom. The Morgan fingerprint density at radius 3 is 1.68 bits per heavy atom. The minimum Gasteiger partial charge on any atom is -0.492 e. The van der Waals surface area contributed by atoms with E-state index in [0.29, 0.717) is 6.42 Å². The molecule has 0 rings (SSSR count). The summed E-state index contributed by atoms with van der Waals surface area (Å²) >= 11 is 0. The quantitative estimate of drug-likeness (QED) is 0.0183. The van der Waals surface area contributed by atoms with Crippen LogP contribution in [0.5, 0.6) is 0 Å². The summed E-state index contributed by atoms with van der Waals surface area (Å²) in [7, 11) is -4.29. The zero-order chi connectivity index (χ0) is 38.9. The van der Waals surface area contributed by atoms with Gasteiger partial charge in [0.2, 0.25) is 0 Å². The molecular weight excluding hydrogens is 689 g/mol. The van der Waals surface area contributed by atoms with Crippen molar-refractivity contribution in [1.29, 1.82) is 0 Å². The molecule has 308 valence electrons. The molecule has 0 aromatic rings. The number of carbonyl (C=O) groups excluding carboxylic acids is 1. The maximum atomic E-state index is 12.4. The van der Waals surface area contributed by atoms with Gasteiger partial charge in [-0.05, 0) is 77.2 Å². The first kappa shape index (κ1) is 51.0. The van der Waals surface area contributed by atoms with E-state index in [-0.39, 0.29) is 44.9 Å². The summed E-state index contributed by atoms with van der Waals surface area (Å²) in [4.78, 5) is 22.2. The van der Waals surface area contributed by atoms with Crippen molar-refractivity contribution in [3.8, 4) is 0 Å². The molecule has 0 aromatic carbocycles. The highest BCUT2D eigenvalue weighted by atomic mass is 31.2. The second-order valence-corrected chi connectivity index (χ2v) is 15.3. The Balaban J connectivity index is 4.20. The molecule has 0 aromatic heterocycles. The first-order valence-corrected chi connectivity index (χ1v) is 22.4. The standard InChI is InChI=1S/C43H78NO8P/c1-3-4-5-6-7-8-9-10-11-15-18-21-24-27-30-33-37-49-42(40-52-53(47,48)51-38-36-44)39-50-43(46)35-32-29-26-23-20-17-14-12-13-16-19-22-25-28-31-34-41(2)45/h13-14,16-17,22-23,25-26,33,37,41-42,45H,3-12,15,18-21,24,27-32,34-36,38-40,44H2,1-2H3,(H,47,48)/b16-13-,17-14-,25-22-,26-23-,37-33+/t41-,42-/m1/s1. The summed E-state index contributed by atoms with van der Waals surface area (Å²) in [6.45, 7) is 3.69. The lowest BCUT2D eigenvalue weighted by molar-refractivity contribution is -0.147. The van der Waals surface area contributed by atoms with Gasteiger partial charge in [-0.1, -0.05) is 139 Å². The van der Waals surface area contributed by atoms with Crippen LogP contribution in [0, 0.1) is 0 Å². The Kier molecular flexibility index (Phi) is 38.2. The van der Waals surface area contributed by atoms with Crippen LogP contribution in [0.1, 0.15) is 168 Å². The predicted octanol–water partition coefficient (Wildman–Crippen LogP) is 11.5. The summed E-state index contributed by atoms with van der Waals surface area (Å²) in [6.07, 6.45) is 46.2. The van der Waals surface area contributed by atoms with Gasteiger partial charge in [0.15, 0.2) is 6.10 Å². The Morgan fingerprint density at radius 2 is 1.15 bits per heavy atom. The number of aliphatic hydroxyl groups is 1. The minimum atomic E-state index is -4.29. The number of carbonyl (C=O) groups is 1. The molecular formula is C43H78NO8P. The molecule has 0 aliphatic rings. The molecule has 0 radical (unpaired) electrons. The van der Waals surface area contributed by atoms with E-state index in [9.17, 15) is 19.4 Å². The van der Waals surface area contributed by atoms with Crippen LogP contribution < -0.4 is 5.73 Å². The van der Waals surface area contributed by atoms with Crippen molar-refractivity contribution >= 4 is 13.8 Å². The van der Waals surface area contributed by atoms with Crippen LogP contribution in [0.25, 0.3) is 0 Å². The number of ether oxygens (including phenoxy) is 2. The van der Waals surface area contributed by atoms with Crippen LogP contribution in [0.4, 0.5) is 0 Å². The van der Waals surface area contributed by atoms with E-state index in [1.165, 1.54) is 83.5 Å². The summed E-state index contributed by atoms with van der Waals surface area (Å²) < 4.78 is 33.1. The monoisotopic (exact) mass is 768 g/mol. The zero-order valence-corrected chi connectivity index (χ0v) is 34.5. The minimum absolute atomic E-state index is 0.0866. The number of esters is 1. The van der Waals surface area contributed by atoms with Crippen molar-refractivity contribution in [2.24, 2.45) is 5.73 Å². The molecule has 0 aliphatic carbocycles. The van der Waals surface area contributed by atoms with E-state index in [0.717, 1.165) is 57.8 Å². The predicted molar refractivity (Wildman–Crippen MR) is 220 cm³/mol. The van der Waals surface area contributed by atoms with Crippen LogP contribution in [0.15, 0.2) is 60.9 Å². The Hall–Kier alpha value is -2.00. The number of nitrogens with two attached hydrogens (primary N) is 1. The van der Waals surface area contributed by atoms with E-state index < -0.39 is 13.9 Å². The number of phosphoric ester groups is 1. The van der Waals surface area contributed by atoms with Gasteiger partial charge in [-0.15, -0.1) is 0 Å². The fourth-order valence-electron chi connectivity index (χ4n) is 5.40. The molecule has 0 fully saturated rings. The van der Waals surface area contributed by atoms with E-state index in [4.69, 9.17) is 24.3 Å². The lowest BCUT2D eigenvalue weighted by Crippen LogP contribution is -2.25. The van der Waals surface area contributed by atoms with Gasteiger partial charge in [0.05, 0.1) is 25.6 Å². The van der Waals surface area contributed by atoms with Crippen LogP contribution in [-0.4, -0.2) is 54.5 Å². The summed E-state index contributed by atoms with van der Waals surface area (Å²) in [5, 5.41) is 9.26. The maximum absolute atomic E-state index is 12.4. The lowest BCUT2D eigenvalue weighted by Gasteiger charge is -2.19. The van der Waals surface area contributed by atoms with Gasteiger partial charge in [-0.2, -0.15) is 0 Å². The molecule has 0 aliphatic heterocycles. The van der Waals surface area contributed by atoms with E-state index >= 15 is 0 Å². The number of unbranched alkanes of at least 4 members (excludes halogenated alkanes) is 16. The highest BCUT2D eigenvalue weighted by molar-refractivity contribution is 7.47. The number of phosphoric acid groups is 1. The third kappa shape index (κ3) is 41.0. The van der Waals surface area contributed by atoms with Crippen molar-refractivity contribution in [2.75, 3.05) is 26.4 Å². The van der Waals surface area contributed by atoms with E-state index in [1.54, 1.807) is 6.26 Å². The molecule has 0 spiro atoms. The molecule has 4 N–H and O–H groups in total. The molecule has 0 heterocycles. The van der Waals surface area contributed by atoms with Crippen LogP contribution in [0.3, 0.4) is 0 Å². The number of rotatable bonds is 39. The molecule has 3 atom stereocenters. The third-order valence-corrected chi connectivity index (χ3v) is 9.53. The van der Waals surface area contributed by atoms with Gasteiger partial charge in [-0.25, -0.2) is 4.57 Å². The smallest absolute Gasteiger partial charge is 0.472 e. The van der Waals surface area contributed by atoms with Crippen LogP contribution in [-0.2, 0) is 27.9 Å². The van der Waals surface area contributed by atoms with Crippen molar-refractivity contribution in [3.63, 3.8) is 0 Å². The molecule has 0 amide bonds. The normalized spacial score (nSPS) is 14.7. The number of aliphatic hydroxyl groups excluding tert-OH is 1. The first-order valence-electron chi connectivity index (χ1n) is 20.9. The maximum Gasteiger partial charge on any atom is 0.472 e. The number of allylic oxidation sites excluding steroid dienone is 9. The summed E-state index contributed by atoms with van der Waals surface area (Å²) in [5.41, 5.74) is 5.35. The zero-order valence-electron chi connectivity index (χ0n) is 33.6. The van der Waals surface area contributed by atoms with Crippen LogP contribution in [0.2, 0.25) is 0 Å². The number of hydrogen-bond acceptors (Lipinski definition) is 8. The fraction of sp³-hybridized carbons (Fsp3) is 0.744. The Bertz CT molecular complexity index is 1010. The largest absolute Gasteiger partial charge is 0.492 e. The van der Waals surface area contributed by atoms with Crippen molar-refractivity contribution in [3.05, 3.63) is 60.9 Å².